The van der Waals surface area contributed by atoms with Gasteiger partial charge in [-0.2, -0.15) is 9.78 Å². The molecule has 0 bridgehead atoms. The zero-order valence-corrected chi connectivity index (χ0v) is 20.4. The van der Waals surface area contributed by atoms with Crippen LogP contribution in [0.15, 0.2) is 75.0 Å². The molecule has 1 aromatic heterocycles. The lowest BCUT2D eigenvalue weighted by molar-refractivity contribution is 0.269. The van der Waals surface area contributed by atoms with Gasteiger partial charge in [-0.05, 0) is 61.9 Å². The summed E-state index contributed by atoms with van der Waals surface area (Å²) in [6, 6.07) is 18.4. The summed E-state index contributed by atoms with van der Waals surface area (Å²) in [5.41, 5.74) is 2.03. The van der Waals surface area contributed by atoms with E-state index in [1.165, 1.54) is 4.68 Å². The molecule has 0 fully saturated rings. The summed E-state index contributed by atoms with van der Waals surface area (Å²) < 4.78 is 13.8. The van der Waals surface area contributed by atoms with Crippen LogP contribution in [0.5, 0.6) is 11.5 Å². The Bertz CT molecular complexity index is 1400. The highest BCUT2D eigenvalue weighted by Gasteiger charge is 2.10. The Hall–Kier alpha value is -3.16. The predicted molar refractivity (Wildman–Crippen MR) is 135 cm³/mol. The van der Waals surface area contributed by atoms with Gasteiger partial charge in [0.2, 0.25) is 0 Å². The first-order valence-electron chi connectivity index (χ1n) is 10.3. The average molecular weight is 527 g/mol. The normalized spacial score (nSPS) is 11.3. The summed E-state index contributed by atoms with van der Waals surface area (Å²) in [7, 11) is 0. The molecule has 8 heteroatoms. The molecule has 0 amide bonds. The summed E-state index contributed by atoms with van der Waals surface area (Å²) in [5.74, 6) is 1.67. The number of hydrogen-bond donors (Lipinski definition) is 0. The van der Waals surface area contributed by atoms with Crippen LogP contribution in [0, 0.1) is 6.92 Å². The molecule has 1 heterocycles. The summed E-state index contributed by atoms with van der Waals surface area (Å²) in [4.78, 5) is 17.4. The summed E-state index contributed by atoms with van der Waals surface area (Å²) in [6.07, 6.45) is 1.60. The van der Waals surface area contributed by atoms with Crippen LogP contribution in [-0.4, -0.2) is 22.5 Å². The summed E-state index contributed by atoms with van der Waals surface area (Å²) in [5, 5.41) is 5.52. The molecule has 0 saturated heterocycles. The van der Waals surface area contributed by atoms with E-state index in [-0.39, 0.29) is 5.56 Å². The first-order chi connectivity index (χ1) is 16.0. The number of benzene rings is 3. The van der Waals surface area contributed by atoms with Crippen LogP contribution in [0.1, 0.15) is 23.9 Å². The molecule has 0 aliphatic rings. The van der Waals surface area contributed by atoms with Gasteiger partial charge in [-0.1, -0.05) is 45.7 Å². The van der Waals surface area contributed by atoms with Gasteiger partial charge in [-0.25, -0.2) is 4.98 Å². The highest BCUT2D eigenvalue weighted by Crippen LogP contribution is 2.29. The Balaban J connectivity index is 1.61. The Kier molecular flexibility index (Phi) is 7.11. The van der Waals surface area contributed by atoms with E-state index in [4.69, 9.17) is 21.1 Å². The number of nitrogens with zero attached hydrogens (tertiary/aromatic N) is 3. The number of rotatable bonds is 7. The highest BCUT2D eigenvalue weighted by atomic mass is 79.9. The number of halogens is 2. The summed E-state index contributed by atoms with van der Waals surface area (Å²) >= 11 is 9.62. The smallest absolute Gasteiger partial charge is 0.282 e. The molecule has 0 spiro atoms. The van der Waals surface area contributed by atoms with E-state index in [2.05, 4.69) is 26.0 Å². The van der Waals surface area contributed by atoms with Crippen molar-refractivity contribution in [1.29, 1.82) is 0 Å². The maximum Gasteiger partial charge on any atom is 0.282 e. The fourth-order valence-corrected chi connectivity index (χ4v) is 3.84. The number of ether oxygens (including phenoxy) is 2. The first kappa shape index (κ1) is 23.0. The molecule has 0 atom stereocenters. The van der Waals surface area contributed by atoms with Crippen molar-refractivity contribution in [3.63, 3.8) is 0 Å². The van der Waals surface area contributed by atoms with Crippen molar-refractivity contribution in [1.82, 2.24) is 9.66 Å². The zero-order valence-electron chi connectivity index (χ0n) is 18.1. The second-order valence-electron chi connectivity index (χ2n) is 7.20. The molecular weight excluding hydrogens is 506 g/mol. The SMILES string of the molecule is CCOc1cc(C=Nn2c(C)nc3ccc(Br)cc3c2=O)ccc1OCc1ccccc1Cl. The molecular formula is C25H21BrClN3O3. The van der Waals surface area contributed by atoms with Gasteiger partial charge in [-0.3, -0.25) is 4.79 Å². The quantitative estimate of drug-likeness (QED) is 0.278. The lowest BCUT2D eigenvalue weighted by Crippen LogP contribution is -2.20. The van der Waals surface area contributed by atoms with Crippen molar-refractivity contribution in [3.05, 3.63) is 97.5 Å². The molecule has 0 N–H and O–H groups in total. The van der Waals surface area contributed by atoms with Crippen LogP contribution in [-0.2, 0) is 6.61 Å². The van der Waals surface area contributed by atoms with Crippen molar-refractivity contribution in [2.45, 2.75) is 20.5 Å². The van der Waals surface area contributed by atoms with Gasteiger partial charge in [0.15, 0.2) is 11.5 Å². The molecule has 0 radical (unpaired) electrons. The first-order valence-corrected chi connectivity index (χ1v) is 11.5. The molecule has 3 aromatic carbocycles. The van der Waals surface area contributed by atoms with Crippen molar-refractivity contribution >= 4 is 44.6 Å². The van der Waals surface area contributed by atoms with E-state index in [0.29, 0.717) is 46.5 Å². The van der Waals surface area contributed by atoms with Gasteiger partial charge >= 0.3 is 0 Å². The fraction of sp³-hybridized carbons (Fsp3) is 0.160. The van der Waals surface area contributed by atoms with Gasteiger partial charge in [0.25, 0.3) is 5.56 Å². The Labute approximate surface area is 204 Å². The minimum Gasteiger partial charge on any atom is -0.490 e. The van der Waals surface area contributed by atoms with E-state index in [1.54, 1.807) is 25.3 Å². The monoisotopic (exact) mass is 525 g/mol. The molecule has 6 nitrogen and oxygen atoms in total. The molecule has 168 valence electrons. The van der Waals surface area contributed by atoms with Gasteiger partial charge < -0.3 is 9.47 Å². The van der Waals surface area contributed by atoms with E-state index in [1.807, 2.05) is 55.5 Å². The highest BCUT2D eigenvalue weighted by molar-refractivity contribution is 9.10. The molecule has 0 aliphatic heterocycles. The number of hydrogen-bond acceptors (Lipinski definition) is 5. The lowest BCUT2D eigenvalue weighted by atomic mass is 10.2. The minimum absolute atomic E-state index is 0.236. The number of fused-ring (bicyclic) bond motifs is 1. The average Bonchev–Trinajstić information content (AvgIpc) is 2.80. The molecule has 0 aliphatic carbocycles. The van der Waals surface area contributed by atoms with Crippen LogP contribution in [0.25, 0.3) is 10.9 Å². The maximum absolute atomic E-state index is 12.9. The van der Waals surface area contributed by atoms with Crippen molar-refractivity contribution < 1.29 is 9.47 Å². The third-order valence-electron chi connectivity index (χ3n) is 4.90. The fourth-order valence-electron chi connectivity index (χ4n) is 3.28. The Morgan fingerprint density at radius 2 is 1.91 bits per heavy atom. The topological polar surface area (TPSA) is 65.7 Å². The van der Waals surface area contributed by atoms with Crippen LogP contribution in [0.2, 0.25) is 5.02 Å². The van der Waals surface area contributed by atoms with Crippen LogP contribution < -0.4 is 15.0 Å². The van der Waals surface area contributed by atoms with E-state index in [9.17, 15) is 4.79 Å². The predicted octanol–water partition coefficient (Wildman–Crippen LogP) is 5.98. The van der Waals surface area contributed by atoms with Gasteiger partial charge in [0, 0.05) is 15.1 Å². The van der Waals surface area contributed by atoms with Crippen molar-refractivity contribution in [3.8, 4) is 11.5 Å². The summed E-state index contributed by atoms with van der Waals surface area (Å²) in [6.45, 7) is 4.45. The number of aryl methyl sites for hydroxylation is 1. The molecule has 4 aromatic rings. The van der Waals surface area contributed by atoms with E-state index < -0.39 is 0 Å². The maximum atomic E-state index is 12.9. The molecule has 33 heavy (non-hydrogen) atoms. The minimum atomic E-state index is -0.236. The van der Waals surface area contributed by atoms with Crippen LogP contribution in [0.3, 0.4) is 0 Å². The molecule has 0 unspecified atom stereocenters. The van der Waals surface area contributed by atoms with Crippen LogP contribution in [0.4, 0.5) is 0 Å². The number of aromatic nitrogens is 2. The lowest BCUT2D eigenvalue weighted by Gasteiger charge is -2.13. The van der Waals surface area contributed by atoms with Crippen molar-refractivity contribution in [2.75, 3.05) is 6.61 Å². The van der Waals surface area contributed by atoms with Crippen LogP contribution >= 0.6 is 27.5 Å². The van der Waals surface area contributed by atoms with Gasteiger partial charge in [-0.15, -0.1) is 0 Å². The largest absolute Gasteiger partial charge is 0.490 e. The standard InChI is InChI=1S/C25H21BrClN3O3/c1-3-32-24-12-17(8-11-23(24)33-15-18-6-4-5-7-21(18)27)14-28-30-16(2)29-22-10-9-19(26)13-20(22)25(30)31/h4-14H,3,15H2,1-2H3. The third-order valence-corrected chi connectivity index (χ3v) is 5.76. The molecule has 4 rings (SSSR count). The zero-order chi connectivity index (χ0) is 23.4. The van der Waals surface area contributed by atoms with E-state index >= 15 is 0 Å². The second kappa shape index (κ2) is 10.2. The third kappa shape index (κ3) is 5.26. The van der Waals surface area contributed by atoms with E-state index in [0.717, 1.165) is 15.6 Å². The Morgan fingerprint density at radius 1 is 1.09 bits per heavy atom. The molecule has 0 saturated carbocycles. The van der Waals surface area contributed by atoms with Crippen molar-refractivity contribution in [2.24, 2.45) is 5.10 Å². The second-order valence-corrected chi connectivity index (χ2v) is 8.52. The van der Waals surface area contributed by atoms with Gasteiger partial charge in [0.05, 0.1) is 23.7 Å². The Morgan fingerprint density at radius 3 is 2.70 bits per heavy atom. The van der Waals surface area contributed by atoms with Gasteiger partial charge in [0.1, 0.15) is 12.4 Å².